The highest BCUT2D eigenvalue weighted by Crippen LogP contribution is 2.26. The number of amides is 1. The van der Waals surface area contributed by atoms with Gasteiger partial charge in [-0.3, -0.25) is 14.5 Å². The zero-order valence-electron chi connectivity index (χ0n) is 17.0. The summed E-state index contributed by atoms with van der Waals surface area (Å²) in [6.07, 6.45) is 1.59. The van der Waals surface area contributed by atoms with Crippen molar-refractivity contribution in [2.24, 2.45) is 5.92 Å². The third-order valence-corrected chi connectivity index (χ3v) is 6.11. The number of rotatable bonds is 5. The summed E-state index contributed by atoms with van der Waals surface area (Å²) in [6.45, 7) is 7.50. The molecule has 1 aromatic heterocycles. The molecule has 150 valence electrons. The molecule has 0 aliphatic carbocycles. The Bertz CT molecular complexity index is 865. The number of nitrogens with zero attached hydrogens (tertiary/aromatic N) is 2. The minimum Gasteiger partial charge on any atom is -0.359 e. The summed E-state index contributed by atoms with van der Waals surface area (Å²) in [5.41, 5.74) is 3.72. The van der Waals surface area contributed by atoms with E-state index in [0.29, 0.717) is 5.02 Å². The number of carbonyl (C=O) groups is 2. The Balaban J connectivity index is 1.77. The minimum absolute atomic E-state index is 0.0542. The topological polar surface area (TPSA) is 54.3 Å². The molecule has 1 aliphatic rings. The van der Waals surface area contributed by atoms with E-state index in [0.717, 1.165) is 48.6 Å². The number of hydrogen-bond donors (Lipinski definition) is 1. The van der Waals surface area contributed by atoms with Crippen molar-refractivity contribution < 1.29 is 9.59 Å². The Kier molecular flexibility index (Phi) is 6.26. The van der Waals surface area contributed by atoms with Crippen molar-refractivity contribution in [2.75, 3.05) is 20.1 Å². The first-order chi connectivity index (χ1) is 13.3. The average molecular weight is 402 g/mol. The molecule has 1 fully saturated rings. The van der Waals surface area contributed by atoms with Gasteiger partial charge >= 0.3 is 0 Å². The van der Waals surface area contributed by atoms with Crippen molar-refractivity contribution in [3.05, 3.63) is 52.3 Å². The summed E-state index contributed by atoms with van der Waals surface area (Å²) < 4.78 is 2.09. The third-order valence-electron chi connectivity index (χ3n) is 5.86. The van der Waals surface area contributed by atoms with Gasteiger partial charge in [-0.1, -0.05) is 11.6 Å². The Morgan fingerprint density at radius 2 is 1.75 bits per heavy atom. The van der Waals surface area contributed by atoms with Crippen LogP contribution < -0.4 is 5.32 Å². The SMILES string of the molecule is CNC(=O)C1CCN([C@H](C)C(=O)c2cc(C)n(-c3ccc(Cl)cc3)c2C)CC1. The second-order valence-electron chi connectivity index (χ2n) is 7.56. The molecule has 1 saturated heterocycles. The molecule has 28 heavy (non-hydrogen) atoms. The summed E-state index contributed by atoms with van der Waals surface area (Å²) in [4.78, 5) is 27.3. The van der Waals surface area contributed by atoms with Crippen LogP contribution in [-0.2, 0) is 4.79 Å². The van der Waals surface area contributed by atoms with Crippen molar-refractivity contribution in [1.29, 1.82) is 0 Å². The Morgan fingerprint density at radius 1 is 1.14 bits per heavy atom. The molecule has 0 saturated carbocycles. The van der Waals surface area contributed by atoms with Crippen LogP contribution in [0, 0.1) is 19.8 Å². The average Bonchev–Trinajstić information content (AvgIpc) is 3.01. The molecule has 2 aromatic rings. The second-order valence-corrected chi connectivity index (χ2v) is 8.00. The number of hydrogen-bond acceptors (Lipinski definition) is 3. The van der Waals surface area contributed by atoms with Gasteiger partial charge in [0.1, 0.15) is 0 Å². The van der Waals surface area contributed by atoms with Crippen molar-refractivity contribution in [3.8, 4) is 5.69 Å². The van der Waals surface area contributed by atoms with Gasteiger partial charge in [0.15, 0.2) is 5.78 Å². The first-order valence-electron chi connectivity index (χ1n) is 9.78. The first kappa shape index (κ1) is 20.6. The van der Waals surface area contributed by atoms with Crippen molar-refractivity contribution in [2.45, 2.75) is 39.7 Å². The van der Waals surface area contributed by atoms with E-state index in [1.807, 2.05) is 51.1 Å². The molecule has 6 heteroatoms. The van der Waals surface area contributed by atoms with E-state index in [2.05, 4.69) is 14.8 Å². The maximum atomic E-state index is 13.2. The Labute approximate surface area is 171 Å². The number of piperidine rings is 1. The van der Waals surface area contributed by atoms with Crippen molar-refractivity contribution in [3.63, 3.8) is 0 Å². The predicted octanol–water partition coefficient (Wildman–Crippen LogP) is 3.78. The molecule has 1 aromatic carbocycles. The molecule has 0 bridgehead atoms. The number of likely N-dealkylation sites (tertiary alicyclic amines) is 1. The largest absolute Gasteiger partial charge is 0.359 e. The van der Waals surface area contributed by atoms with Crippen molar-refractivity contribution in [1.82, 2.24) is 14.8 Å². The highest BCUT2D eigenvalue weighted by atomic mass is 35.5. The minimum atomic E-state index is -0.204. The fourth-order valence-electron chi connectivity index (χ4n) is 4.14. The monoisotopic (exact) mass is 401 g/mol. The third kappa shape index (κ3) is 4.01. The number of aryl methyl sites for hydroxylation is 1. The second kappa shape index (κ2) is 8.50. The van der Waals surface area contributed by atoms with Crippen LogP contribution in [0.5, 0.6) is 0 Å². The lowest BCUT2D eigenvalue weighted by Gasteiger charge is -2.34. The normalized spacial score (nSPS) is 16.8. The fourth-order valence-corrected chi connectivity index (χ4v) is 4.27. The fraction of sp³-hybridized carbons (Fsp3) is 0.455. The molecule has 1 aliphatic heterocycles. The number of aromatic nitrogens is 1. The highest BCUT2D eigenvalue weighted by molar-refractivity contribution is 6.30. The summed E-state index contributed by atoms with van der Waals surface area (Å²) in [7, 11) is 1.68. The standard InChI is InChI=1S/C22H28ClN3O2/c1-14-13-20(15(2)26(14)19-7-5-18(23)6-8-19)21(27)16(3)25-11-9-17(10-12-25)22(28)24-4/h5-8,13,16-17H,9-12H2,1-4H3,(H,24,28)/t16-/m1/s1. The lowest BCUT2D eigenvalue weighted by Crippen LogP contribution is -2.46. The van der Waals surface area contributed by atoms with Gasteiger partial charge in [-0.25, -0.2) is 0 Å². The molecular formula is C22H28ClN3O2. The molecule has 0 radical (unpaired) electrons. The maximum absolute atomic E-state index is 13.2. The quantitative estimate of drug-likeness (QED) is 0.776. The zero-order chi connectivity index (χ0) is 20.4. The highest BCUT2D eigenvalue weighted by Gasteiger charge is 2.31. The van der Waals surface area contributed by atoms with Gasteiger partial charge in [-0.15, -0.1) is 0 Å². The van der Waals surface area contributed by atoms with E-state index in [9.17, 15) is 9.59 Å². The van der Waals surface area contributed by atoms with Gasteiger partial charge in [-0.05, 0) is 77.0 Å². The molecule has 3 rings (SSSR count). The number of benzene rings is 1. The summed E-state index contributed by atoms with van der Waals surface area (Å²) in [5.74, 6) is 0.287. The lowest BCUT2D eigenvalue weighted by atomic mass is 9.93. The number of Topliss-reactive ketones (excluding diaryl/α,β-unsaturated/α-hetero) is 1. The first-order valence-corrected chi connectivity index (χ1v) is 10.2. The predicted molar refractivity (Wildman–Crippen MR) is 112 cm³/mol. The van der Waals surface area contributed by atoms with E-state index >= 15 is 0 Å². The van der Waals surface area contributed by atoms with Crippen LogP contribution in [0.1, 0.15) is 41.5 Å². The smallest absolute Gasteiger partial charge is 0.222 e. The van der Waals surface area contributed by atoms with Crippen LogP contribution >= 0.6 is 11.6 Å². The summed E-state index contributed by atoms with van der Waals surface area (Å²) in [6, 6.07) is 9.41. The van der Waals surface area contributed by atoms with Gasteiger partial charge in [0.2, 0.25) is 5.91 Å². The van der Waals surface area contributed by atoms with E-state index < -0.39 is 0 Å². The number of ketones is 1. The summed E-state index contributed by atoms with van der Waals surface area (Å²) in [5, 5.41) is 3.42. The van der Waals surface area contributed by atoms with E-state index in [4.69, 9.17) is 11.6 Å². The van der Waals surface area contributed by atoms with E-state index in [1.165, 1.54) is 0 Å². The molecule has 2 heterocycles. The molecule has 1 N–H and O–H groups in total. The molecule has 0 unspecified atom stereocenters. The van der Waals surface area contributed by atoms with Crippen LogP contribution in [0.4, 0.5) is 0 Å². The van der Waals surface area contributed by atoms with Gasteiger partial charge in [-0.2, -0.15) is 0 Å². The summed E-state index contributed by atoms with van der Waals surface area (Å²) >= 11 is 6.01. The molecule has 0 spiro atoms. The Hall–Kier alpha value is -2.11. The zero-order valence-corrected chi connectivity index (χ0v) is 17.7. The number of nitrogens with one attached hydrogen (secondary N) is 1. The van der Waals surface area contributed by atoms with Crippen molar-refractivity contribution >= 4 is 23.3 Å². The molecule has 1 atom stereocenters. The van der Waals surface area contributed by atoms with Gasteiger partial charge < -0.3 is 9.88 Å². The van der Waals surface area contributed by atoms with Gasteiger partial charge in [0, 0.05) is 40.6 Å². The van der Waals surface area contributed by atoms with Crippen LogP contribution in [0.25, 0.3) is 5.69 Å². The molecule has 1 amide bonds. The van der Waals surface area contributed by atoms with Crippen LogP contribution in [0.15, 0.2) is 30.3 Å². The van der Waals surface area contributed by atoms with Crippen LogP contribution in [-0.4, -0.2) is 47.3 Å². The number of halogens is 1. The van der Waals surface area contributed by atoms with Gasteiger partial charge in [0.25, 0.3) is 0 Å². The van der Waals surface area contributed by atoms with E-state index in [1.54, 1.807) is 7.05 Å². The molecular weight excluding hydrogens is 374 g/mol. The van der Waals surface area contributed by atoms with Crippen LogP contribution in [0.2, 0.25) is 5.02 Å². The maximum Gasteiger partial charge on any atom is 0.222 e. The molecule has 5 nitrogen and oxygen atoms in total. The lowest BCUT2D eigenvalue weighted by molar-refractivity contribution is -0.126. The number of carbonyl (C=O) groups excluding carboxylic acids is 2. The van der Waals surface area contributed by atoms with Gasteiger partial charge in [0.05, 0.1) is 6.04 Å². The van der Waals surface area contributed by atoms with E-state index in [-0.39, 0.29) is 23.7 Å². The van der Waals surface area contributed by atoms with Crippen LogP contribution in [0.3, 0.4) is 0 Å². The Morgan fingerprint density at radius 3 is 2.32 bits per heavy atom.